The Balaban J connectivity index is 0.00000225. The normalized spacial score (nSPS) is 16.3. The van der Waals surface area contributed by atoms with Gasteiger partial charge >= 0.3 is 0 Å². The van der Waals surface area contributed by atoms with Crippen LogP contribution in [0, 0.1) is 12.8 Å². The molecule has 1 aliphatic heterocycles. The number of methoxy groups -OCH3 is 1. The molecule has 0 spiro atoms. The molecule has 4 nitrogen and oxygen atoms in total. The van der Waals surface area contributed by atoms with Crippen LogP contribution in [0.3, 0.4) is 0 Å². The number of carbonyl (C=O) groups excluding carboxylic acids is 1. The number of benzene rings is 1. The summed E-state index contributed by atoms with van der Waals surface area (Å²) in [6.45, 7) is 4.99. The summed E-state index contributed by atoms with van der Waals surface area (Å²) in [7, 11) is 1.66. The van der Waals surface area contributed by atoms with E-state index >= 15 is 0 Å². The second-order valence-corrected chi connectivity index (χ2v) is 7.47. The molecule has 136 valence electrons. The van der Waals surface area contributed by atoms with Gasteiger partial charge in [-0.25, -0.2) is 0 Å². The van der Waals surface area contributed by atoms with Crippen molar-refractivity contribution in [3.8, 4) is 16.9 Å². The van der Waals surface area contributed by atoms with Crippen LogP contribution in [0.5, 0.6) is 5.75 Å². The third-order valence-corrected chi connectivity index (χ3v) is 5.59. The predicted molar refractivity (Wildman–Crippen MR) is 106 cm³/mol. The van der Waals surface area contributed by atoms with Crippen molar-refractivity contribution < 1.29 is 9.53 Å². The number of nitrogens with one attached hydrogen (secondary N) is 2. The fourth-order valence-electron chi connectivity index (χ4n) is 3.09. The summed E-state index contributed by atoms with van der Waals surface area (Å²) < 4.78 is 5.20. The van der Waals surface area contributed by atoms with Gasteiger partial charge < -0.3 is 15.4 Å². The Bertz CT molecular complexity index is 694. The van der Waals surface area contributed by atoms with E-state index in [0.29, 0.717) is 5.92 Å². The summed E-state index contributed by atoms with van der Waals surface area (Å²) in [4.78, 5) is 14.3. The average Bonchev–Trinajstić information content (AvgIpc) is 3.24. The van der Waals surface area contributed by atoms with E-state index in [9.17, 15) is 4.79 Å². The van der Waals surface area contributed by atoms with Gasteiger partial charge in [-0.3, -0.25) is 4.79 Å². The summed E-state index contributed by atoms with van der Waals surface area (Å²) in [5.41, 5.74) is 2.23. The van der Waals surface area contributed by atoms with Crippen LogP contribution in [0.4, 0.5) is 0 Å². The molecule has 3 rings (SSSR count). The maximum atomic E-state index is 12.4. The van der Waals surface area contributed by atoms with Crippen molar-refractivity contribution in [2.75, 3.05) is 26.7 Å². The number of ether oxygens (including phenoxy) is 1. The Morgan fingerprint density at radius 1 is 1.36 bits per heavy atom. The van der Waals surface area contributed by atoms with Gasteiger partial charge in [0.25, 0.3) is 5.91 Å². The molecule has 1 aromatic carbocycles. The number of hydrogen-bond donors (Lipinski definition) is 2. The molecule has 1 saturated heterocycles. The highest BCUT2D eigenvalue weighted by Crippen LogP contribution is 2.32. The van der Waals surface area contributed by atoms with Gasteiger partial charge in [0, 0.05) is 11.4 Å². The molecule has 1 fully saturated rings. The number of aryl methyl sites for hydroxylation is 1. The van der Waals surface area contributed by atoms with Crippen molar-refractivity contribution in [1.82, 2.24) is 10.6 Å². The van der Waals surface area contributed by atoms with E-state index < -0.39 is 0 Å². The summed E-state index contributed by atoms with van der Waals surface area (Å²) in [5.74, 6) is 1.57. The predicted octanol–water partition coefficient (Wildman–Crippen LogP) is 3.88. The molecule has 25 heavy (non-hydrogen) atoms. The number of halogens is 1. The molecule has 0 radical (unpaired) electrons. The molecule has 0 bridgehead atoms. The van der Waals surface area contributed by atoms with Crippen molar-refractivity contribution in [2.24, 2.45) is 5.92 Å². The zero-order valence-electron chi connectivity index (χ0n) is 14.6. The smallest absolute Gasteiger partial charge is 0.261 e. The lowest BCUT2D eigenvalue weighted by molar-refractivity contribution is 0.0955. The van der Waals surface area contributed by atoms with E-state index in [-0.39, 0.29) is 18.3 Å². The van der Waals surface area contributed by atoms with Crippen LogP contribution in [0.15, 0.2) is 30.3 Å². The second-order valence-electron chi connectivity index (χ2n) is 6.21. The summed E-state index contributed by atoms with van der Waals surface area (Å²) in [6.07, 6.45) is 2.27. The van der Waals surface area contributed by atoms with Crippen LogP contribution in [-0.2, 0) is 0 Å². The molecular formula is C19H25ClN2O2S. The highest BCUT2D eigenvalue weighted by molar-refractivity contribution is 7.14. The quantitative estimate of drug-likeness (QED) is 0.799. The first kappa shape index (κ1) is 19.8. The van der Waals surface area contributed by atoms with E-state index in [4.69, 9.17) is 4.74 Å². The van der Waals surface area contributed by atoms with Gasteiger partial charge in [0.1, 0.15) is 5.75 Å². The highest BCUT2D eigenvalue weighted by Gasteiger charge is 2.16. The molecule has 1 unspecified atom stereocenters. The molecule has 1 aliphatic rings. The molecule has 0 saturated carbocycles. The van der Waals surface area contributed by atoms with E-state index in [1.54, 1.807) is 18.4 Å². The molecule has 1 atom stereocenters. The molecule has 1 amide bonds. The minimum atomic E-state index is 0. The average molecular weight is 381 g/mol. The van der Waals surface area contributed by atoms with Gasteiger partial charge in [0.05, 0.1) is 12.0 Å². The van der Waals surface area contributed by atoms with Crippen molar-refractivity contribution in [2.45, 2.75) is 19.8 Å². The van der Waals surface area contributed by atoms with Crippen molar-refractivity contribution in [3.63, 3.8) is 0 Å². The zero-order chi connectivity index (χ0) is 16.9. The topological polar surface area (TPSA) is 50.4 Å². The van der Waals surface area contributed by atoms with Crippen LogP contribution >= 0.6 is 23.7 Å². The number of rotatable bonds is 6. The second kappa shape index (κ2) is 9.22. The van der Waals surface area contributed by atoms with Crippen LogP contribution in [0.1, 0.15) is 27.4 Å². The van der Waals surface area contributed by atoms with Gasteiger partial charge in [-0.2, -0.15) is 0 Å². The molecular weight excluding hydrogens is 356 g/mol. The van der Waals surface area contributed by atoms with Crippen molar-refractivity contribution in [1.29, 1.82) is 0 Å². The van der Waals surface area contributed by atoms with E-state index in [1.165, 1.54) is 6.42 Å². The fraction of sp³-hybridized carbons (Fsp3) is 0.421. The van der Waals surface area contributed by atoms with Gasteiger partial charge in [-0.15, -0.1) is 23.7 Å². The van der Waals surface area contributed by atoms with E-state index in [1.807, 2.05) is 30.3 Å². The van der Waals surface area contributed by atoms with Gasteiger partial charge in [-0.1, -0.05) is 12.1 Å². The Hall–Kier alpha value is -1.56. The molecule has 2 heterocycles. The van der Waals surface area contributed by atoms with Crippen molar-refractivity contribution in [3.05, 3.63) is 40.1 Å². The standard InChI is InChI=1S/C19H24N2O2S.ClH/c1-13-17(15-3-5-16(23-2)6-4-15)11-18(24-13)19(22)21-10-8-14-7-9-20-12-14;/h3-6,11,14,20H,7-10,12H2,1-2H3,(H,21,22);1H. The number of carbonyl (C=O) groups is 1. The minimum Gasteiger partial charge on any atom is -0.497 e. The minimum absolute atomic E-state index is 0. The third kappa shape index (κ3) is 4.97. The lowest BCUT2D eigenvalue weighted by Gasteiger charge is -2.08. The Kier molecular flexibility index (Phi) is 7.29. The van der Waals surface area contributed by atoms with Crippen LogP contribution in [0.25, 0.3) is 11.1 Å². The third-order valence-electron chi connectivity index (χ3n) is 4.54. The highest BCUT2D eigenvalue weighted by atomic mass is 35.5. The van der Waals surface area contributed by atoms with Crippen LogP contribution < -0.4 is 15.4 Å². The van der Waals surface area contributed by atoms with Crippen LogP contribution in [-0.4, -0.2) is 32.7 Å². The van der Waals surface area contributed by atoms with Gasteiger partial charge in [-0.05, 0) is 68.1 Å². The Morgan fingerprint density at radius 2 is 2.12 bits per heavy atom. The summed E-state index contributed by atoms with van der Waals surface area (Å²) in [6, 6.07) is 9.95. The molecule has 2 aromatic rings. The molecule has 0 aliphatic carbocycles. The molecule has 2 N–H and O–H groups in total. The zero-order valence-corrected chi connectivity index (χ0v) is 16.3. The van der Waals surface area contributed by atoms with Gasteiger partial charge in [0.2, 0.25) is 0 Å². The van der Waals surface area contributed by atoms with E-state index in [0.717, 1.165) is 52.7 Å². The lowest BCUT2D eigenvalue weighted by atomic mass is 10.1. The maximum Gasteiger partial charge on any atom is 0.261 e. The summed E-state index contributed by atoms with van der Waals surface area (Å²) >= 11 is 1.55. The molecule has 1 aromatic heterocycles. The number of thiophene rings is 1. The first-order valence-electron chi connectivity index (χ1n) is 8.41. The maximum absolute atomic E-state index is 12.4. The largest absolute Gasteiger partial charge is 0.497 e. The summed E-state index contributed by atoms with van der Waals surface area (Å²) in [5, 5.41) is 6.42. The van der Waals surface area contributed by atoms with E-state index in [2.05, 4.69) is 17.6 Å². The lowest BCUT2D eigenvalue weighted by Crippen LogP contribution is -2.25. The fourth-order valence-corrected chi connectivity index (χ4v) is 4.05. The monoisotopic (exact) mass is 380 g/mol. The SMILES string of the molecule is COc1ccc(-c2cc(C(=O)NCCC3CCNC3)sc2C)cc1.Cl. The first-order chi connectivity index (χ1) is 11.7. The van der Waals surface area contributed by atoms with Crippen LogP contribution in [0.2, 0.25) is 0 Å². The molecule has 6 heteroatoms. The first-order valence-corrected chi connectivity index (χ1v) is 9.23. The Labute approximate surface area is 159 Å². The Morgan fingerprint density at radius 3 is 2.76 bits per heavy atom. The number of hydrogen-bond acceptors (Lipinski definition) is 4. The van der Waals surface area contributed by atoms with Crippen molar-refractivity contribution >= 4 is 29.7 Å². The number of amides is 1. The van der Waals surface area contributed by atoms with Gasteiger partial charge in [0.15, 0.2) is 0 Å².